The lowest BCUT2D eigenvalue weighted by molar-refractivity contribution is -0.174. The molecule has 29 heavy (non-hydrogen) atoms. The normalized spacial score (nSPS) is 19.9. The summed E-state index contributed by atoms with van der Waals surface area (Å²) >= 11 is 0. The van der Waals surface area contributed by atoms with Gasteiger partial charge in [-0.15, -0.1) is 0 Å². The molecule has 0 bridgehead atoms. The molecule has 4 rings (SSSR count). The van der Waals surface area contributed by atoms with E-state index in [0.717, 1.165) is 10.2 Å². The number of fused-ring (bicyclic) bond motifs is 1. The van der Waals surface area contributed by atoms with Gasteiger partial charge in [0.05, 0.1) is 18.3 Å². The Balaban J connectivity index is 1.59. The number of amides is 1. The minimum Gasteiger partial charge on any atom is -0.467 e. The van der Waals surface area contributed by atoms with E-state index in [-0.39, 0.29) is 24.0 Å². The van der Waals surface area contributed by atoms with Gasteiger partial charge in [-0.2, -0.15) is 18.3 Å². The topological polar surface area (TPSA) is 72.1 Å². The van der Waals surface area contributed by atoms with Crippen LogP contribution in [0.2, 0.25) is 0 Å². The highest BCUT2D eigenvalue weighted by atomic mass is 19.4. The number of carbonyl (C=O) groups excluding carboxylic acids is 1. The molecule has 0 fully saturated rings. The van der Waals surface area contributed by atoms with Gasteiger partial charge in [0.2, 0.25) is 0 Å². The van der Waals surface area contributed by atoms with E-state index in [9.17, 15) is 18.0 Å². The van der Waals surface area contributed by atoms with E-state index in [1.807, 2.05) is 30.3 Å². The molecule has 0 unspecified atom stereocenters. The summed E-state index contributed by atoms with van der Waals surface area (Å²) in [6.07, 6.45) is -3.39. The van der Waals surface area contributed by atoms with Crippen molar-refractivity contribution in [3.8, 4) is 0 Å². The summed E-state index contributed by atoms with van der Waals surface area (Å²) in [6, 6.07) is 11.0. The number of furan rings is 1. The van der Waals surface area contributed by atoms with Crippen LogP contribution in [0.3, 0.4) is 0 Å². The van der Waals surface area contributed by atoms with Crippen molar-refractivity contribution in [3.63, 3.8) is 0 Å². The fraction of sp³-hybridized carbons (Fsp3) is 0.300. The van der Waals surface area contributed by atoms with Crippen molar-refractivity contribution >= 4 is 11.7 Å². The molecule has 3 atom stereocenters. The summed E-state index contributed by atoms with van der Waals surface area (Å²) in [5, 5.41) is 9.71. The predicted octanol–water partition coefficient (Wildman–Crippen LogP) is 4.63. The molecule has 0 radical (unpaired) electrons. The molecule has 6 nitrogen and oxygen atoms in total. The van der Waals surface area contributed by atoms with Crippen molar-refractivity contribution < 1.29 is 22.4 Å². The minimum atomic E-state index is -4.52. The SMILES string of the molecule is C[C@@H](NC(=O)c1cc2n(n1)[C@@H](C(F)(F)F)C[C@H](c1ccco1)N2)c1ccccc1. The molecule has 0 saturated heterocycles. The summed E-state index contributed by atoms with van der Waals surface area (Å²) in [5.41, 5.74) is 0.804. The Kier molecular flexibility index (Phi) is 4.81. The zero-order valence-corrected chi connectivity index (χ0v) is 15.5. The smallest absolute Gasteiger partial charge is 0.410 e. The first-order valence-corrected chi connectivity index (χ1v) is 9.15. The molecule has 1 amide bonds. The molecule has 3 aromatic rings. The first kappa shape index (κ1) is 19.1. The average Bonchev–Trinajstić information content (AvgIpc) is 3.36. The number of anilines is 1. The summed E-state index contributed by atoms with van der Waals surface area (Å²) in [4.78, 5) is 12.6. The lowest BCUT2D eigenvalue weighted by Gasteiger charge is -2.32. The highest BCUT2D eigenvalue weighted by Crippen LogP contribution is 2.43. The van der Waals surface area contributed by atoms with Gasteiger partial charge in [0.1, 0.15) is 11.6 Å². The summed E-state index contributed by atoms with van der Waals surface area (Å²) in [7, 11) is 0. The van der Waals surface area contributed by atoms with Crippen LogP contribution >= 0.6 is 0 Å². The molecule has 0 aliphatic carbocycles. The highest BCUT2D eigenvalue weighted by Gasteiger charge is 2.47. The lowest BCUT2D eigenvalue weighted by Crippen LogP contribution is -2.35. The van der Waals surface area contributed by atoms with E-state index in [0.29, 0.717) is 5.76 Å². The number of hydrogen-bond donors (Lipinski definition) is 2. The Morgan fingerprint density at radius 3 is 2.69 bits per heavy atom. The Morgan fingerprint density at radius 2 is 2.03 bits per heavy atom. The molecule has 1 aliphatic rings. The number of rotatable bonds is 4. The third-order valence-electron chi connectivity index (χ3n) is 4.96. The second kappa shape index (κ2) is 7.31. The molecule has 0 spiro atoms. The van der Waals surface area contributed by atoms with Crippen LogP contribution in [0, 0.1) is 0 Å². The quantitative estimate of drug-likeness (QED) is 0.665. The van der Waals surface area contributed by atoms with Gasteiger partial charge in [0.15, 0.2) is 11.7 Å². The molecule has 0 saturated carbocycles. The number of hydrogen-bond acceptors (Lipinski definition) is 4. The number of halogens is 3. The average molecular weight is 404 g/mol. The fourth-order valence-corrected chi connectivity index (χ4v) is 3.46. The van der Waals surface area contributed by atoms with Crippen molar-refractivity contribution in [2.24, 2.45) is 0 Å². The minimum absolute atomic E-state index is 0.0790. The Morgan fingerprint density at radius 1 is 1.28 bits per heavy atom. The molecular weight excluding hydrogens is 385 g/mol. The van der Waals surface area contributed by atoms with E-state index in [1.165, 1.54) is 12.3 Å². The van der Waals surface area contributed by atoms with Gasteiger partial charge in [-0.05, 0) is 24.6 Å². The molecular formula is C20H19F3N4O2. The van der Waals surface area contributed by atoms with Crippen LogP contribution in [0.5, 0.6) is 0 Å². The first-order chi connectivity index (χ1) is 13.8. The predicted molar refractivity (Wildman–Crippen MR) is 99.3 cm³/mol. The van der Waals surface area contributed by atoms with Gasteiger partial charge in [0, 0.05) is 12.5 Å². The second-order valence-electron chi connectivity index (χ2n) is 6.97. The molecule has 2 aromatic heterocycles. The van der Waals surface area contributed by atoms with E-state index in [4.69, 9.17) is 4.42 Å². The standard InChI is InChI=1S/C20H19F3N4O2/c1-12(13-6-3-2-4-7-13)24-19(28)15-11-18-25-14(16-8-5-9-29-16)10-17(20(21,22)23)27(18)26-15/h2-9,11-12,14,17,25H,10H2,1H3,(H,24,28)/t12-,14-,17-/m1/s1. The van der Waals surface area contributed by atoms with Crippen LogP contribution in [0.15, 0.2) is 59.2 Å². The Hall–Kier alpha value is -3.23. The highest BCUT2D eigenvalue weighted by molar-refractivity contribution is 5.93. The van der Waals surface area contributed by atoms with Crippen molar-refractivity contribution in [1.82, 2.24) is 15.1 Å². The maximum atomic E-state index is 13.7. The molecule has 152 valence electrons. The Labute approximate surface area is 164 Å². The Bertz CT molecular complexity index is 983. The number of aromatic nitrogens is 2. The van der Waals surface area contributed by atoms with Gasteiger partial charge in [0.25, 0.3) is 5.91 Å². The largest absolute Gasteiger partial charge is 0.467 e. The molecule has 3 heterocycles. The molecule has 1 aromatic carbocycles. The van der Waals surface area contributed by atoms with Crippen LogP contribution in [-0.4, -0.2) is 21.9 Å². The lowest BCUT2D eigenvalue weighted by atomic mass is 10.0. The monoisotopic (exact) mass is 404 g/mol. The second-order valence-corrected chi connectivity index (χ2v) is 6.97. The first-order valence-electron chi connectivity index (χ1n) is 9.15. The summed E-state index contributed by atoms with van der Waals surface area (Å²) < 4.78 is 47.1. The van der Waals surface area contributed by atoms with E-state index >= 15 is 0 Å². The number of alkyl halides is 3. The van der Waals surface area contributed by atoms with Crippen molar-refractivity contribution in [2.45, 2.75) is 37.6 Å². The van der Waals surface area contributed by atoms with Gasteiger partial charge in [-0.3, -0.25) is 4.79 Å². The number of benzene rings is 1. The van der Waals surface area contributed by atoms with Crippen LogP contribution in [0.25, 0.3) is 0 Å². The van der Waals surface area contributed by atoms with Crippen molar-refractivity contribution in [3.05, 3.63) is 71.8 Å². The maximum Gasteiger partial charge on any atom is 0.410 e. The maximum absolute atomic E-state index is 13.7. The van der Waals surface area contributed by atoms with Gasteiger partial charge in [-0.25, -0.2) is 4.68 Å². The summed E-state index contributed by atoms with van der Waals surface area (Å²) in [5.74, 6) is -0.0200. The van der Waals surface area contributed by atoms with Crippen LogP contribution in [0.1, 0.15) is 53.3 Å². The fourth-order valence-electron chi connectivity index (χ4n) is 3.46. The zero-order chi connectivity index (χ0) is 20.6. The third-order valence-corrected chi connectivity index (χ3v) is 4.96. The number of nitrogens with one attached hydrogen (secondary N) is 2. The molecule has 1 aliphatic heterocycles. The van der Waals surface area contributed by atoms with Crippen LogP contribution in [0.4, 0.5) is 19.0 Å². The molecule has 2 N–H and O–H groups in total. The zero-order valence-electron chi connectivity index (χ0n) is 15.5. The van der Waals surface area contributed by atoms with Gasteiger partial charge in [-0.1, -0.05) is 30.3 Å². The third kappa shape index (κ3) is 3.85. The van der Waals surface area contributed by atoms with E-state index in [1.54, 1.807) is 19.1 Å². The van der Waals surface area contributed by atoms with Crippen molar-refractivity contribution in [1.29, 1.82) is 0 Å². The van der Waals surface area contributed by atoms with Gasteiger partial charge >= 0.3 is 6.18 Å². The van der Waals surface area contributed by atoms with Crippen LogP contribution < -0.4 is 10.6 Å². The molecule has 9 heteroatoms. The number of carbonyl (C=O) groups is 1. The van der Waals surface area contributed by atoms with E-state index in [2.05, 4.69) is 15.7 Å². The van der Waals surface area contributed by atoms with Crippen molar-refractivity contribution in [2.75, 3.05) is 5.32 Å². The summed E-state index contributed by atoms with van der Waals surface area (Å²) in [6.45, 7) is 1.80. The van der Waals surface area contributed by atoms with Gasteiger partial charge < -0.3 is 15.1 Å². The van der Waals surface area contributed by atoms with Crippen LogP contribution in [-0.2, 0) is 0 Å². The number of nitrogens with zero attached hydrogens (tertiary/aromatic N) is 2. The van der Waals surface area contributed by atoms with E-state index < -0.39 is 24.2 Å².